The van der Waals surface area contributed by atoms with E-state index in [1.165, 1.54) is 24.8 Å². The third-order valence-corrected chi connectivity index (χ3v) is 4.97. The first-order valence-corrected chi connectivity index (χ1v) is 8.94. The standard InChI is InChI=1S/C20H27FO2/c1-2-3-4-15-13-22-20(23-14-15)18-7-5-16(6-8-18)17-9-11-19(21)12-10-17/h5-8,11,15,17,20H,2-4,9-10,12-14H2,1H3. The van der Waals surface area contributed by atoms with Gasteiger partial charge in [0, 0.05) is 11.5 Å². The number of unbranched alkanes of at least 4 members (excludes halogenated alkanes) is 1. The SMILES string of the molecule is CCCCC1COC(c2ccc(C3CC=C(F)CC3)cc2)OC1. The molecule has 0 spiro atoms. The summed E-state index contributed by atoms with van der Waals surface area (Å²) in [4.78, 5) is 0. The highest BCUT2D eigenvalue weighted by molar-refractivity contribution is 5.27. The van der Waals surface area contributed by atoms with Crippen molar-refractivity contribution in [2.45, 2.75) is 57.7 Å². The van der Waals surface area contributed by atoms with E-state index in [0.29, 0.717) is 18.3 Å². The fourth-order valence-electron chi connectivity index (χ4n) is 3.43. The molecule has 0 radical (unpaired) electrons. The van der Waals surface area contributed by atoms with Crippen molar-refractivity contribution in [3.05, 3.63) is 47.3 Å². The third kappa shape index (κ3) is 4.42. The molecule has 1 aromatic rings. The molecule has 1 fully saturated rings. The van der Waals surface area contributed by atoms with Crippen molar-refractivity contribution in [3.8, 4) is 0 Å². The first-order chi connectivity index (χ1) is 11.3. The molecule has 0 saturated carbocycles. The van der Waals surface area contributed by atoms with Gasteiger partial charge in [0.15, 0.2) is 6.29 Å². The minimum Gasteiger partial charge on any atom is -0.348 e. The minimum atomic E-state index is -0.231. The van der Waals surface area contributed by atoms with Crippen LogP contribution in [0.15, 0.2) is 36.2 Å². The van der Waals surface area contributed by atoms with Gasteiger partial charge in [-0.3, -0.25) is 0 Å². The third-order valence-electron chi connectivity index (χ3n) is 4.97. The Kier molecular flexibility index (Phi) is 5.85. The predicted molar refractivity (Wildman–Crippen MR) is 89.9 cm³/mol. The lowest BCUT2D eigenvalue weighted by molar-refractivity contribution is -0.206. The molecule has 1 aromatic carbocycles. The lowest BCUT2D eigenvalue weighted by Crippen LogP contribution is -2.27. The van der Waals surface area contributed by atoms with Crippen LogP contribution in [0.5, 0.6) is 0 Å². The van der Waals surface area contributed by atoms with E-state index in [-0.39, 0.29) is 12.1 Å². The van der Waals surface area contributed by atoms with Crippen LogP contribution in [0.4, 0.5) is 4.39 Å². The van der Waals surface area contributed by atoms with E-state index in [4.69, 9.17) is 9.47 Å². The van der Waals surface area contributed by atoms with Gasteiger partial charge in [-0.2, -0.15) is 0 Å². The molecule has 1 unspecified atom stereocenters. The van der Waals surface area contributed by atoms with Gasteiger partial charge in [0.2, 0.25) is 0 Å². The molecule has 1 saturated heterocycles. The van der Waals surface area contributed by atoms with Crippen molar-refractivity contribution in [2.75, 3.05) is 13.2 Å². The average Bonchev–Trinajstić information content (AvgIpc) is 2.61. The summed E-state index contributed by atoms with van der Waals surface area (Å²) in [6.07, 6.45) is 7.43. The summed E-state index contributed by atoms with van der Waals surface area (Å²) in [5.74, 6) is 1.02. The van der Waals surface area contributed by atoms with Crippen LogP contribution in [0.3, 0.4) is 0 Å². The first-order valence-electron chi connectivity index (χ1n) is 8.94. The van der Waals surface area contributed by atoms with Gasteiger partial charge in [0.1, 0.15) is 0 Å². The maximum absolute atomic E-state index is 13.1. The zero-order valence-corrected chi connectivity index (χ0v) is 14.0. The Morgan fingerprint density at radius 2 is 1.78 bits per heavy atom. The number of hydrogen-bond donors (Lipinski definition) is 0. The van der Waals surface area contributed by atoms with Crippen molar-refractivity contribution >= 4 is 0 Å². The summed E-state index contributed by atoms with van der Waals surface area (Å²) in [7, 11) is 0. The quantitative estimate of drug-likeness (QED) is 0.697. The van der Waals surface area contributed by atoms with Crippen molar-refractivity contribution < 1.29 is 13.9 Å². The molecule has 0 aromatic heterocycles. The normalized spacial score (nSPS) is 28.4. The van der Waals surface area contributed by atoms with Crippen LogP contribution >= 0.6 is 0 Å². The molecule has 1 aliphatic heterocycles. The highest BCUT2D eigenvalue weighted by Crippen LogP contribution is 2.34. The van der Waals surface area contributed by atoms with Crippen LogP contribution in [0, 0.1) is 5.92 Å². The van der Waals surface area contributed by atoms with E-state index in [0.717, 1.165) is 31.6 Å². The highest BCUT2D eigenvalue weighted by atomic mass is 19.1. The molecule has 1 heterocycles. The Hall–Kier alpha value is -1.19. The Balaban J connectivity index is 1.54. The summed E-state index contributed by atoms with van der Waals surface area (Å²) >= 11 is 0. The van der Waals surface area contributed by atoms with E-state index in [1.54, 1.807) is 6.08 Å². The van der Waals surface area contributed by atoms with Crippen molar-refractivity contribution in [2.24, 2.45) is 5.92 Å². The molecule has 2 aliphatic rings. The van der Waals surface area contributed by atoms with Gasteiger partial charge in [-0.25, -0.2) is 4.39 Å². The Bertz CT molecular complexity index is 515. The zero-order valence-electron chi connectivity index (χ0n) is 14.0. The second-order valence-corrected chi connectivity index (χ2v) is 6.80. The summed E-state index contributed by atoms with van der Waals surface area (Å²) in [6, 6.07) is 8.49. The predicted octanol–water partition coefficient (Wildman–Crippen LogP) is 5.66. The van der Waals surface area contributed by atoms with Gasteiger partial charge < -0.3 is 9.47 Å². The van der Waals surface area contributed by atoms with Crippen LogP contribution in [0.1, 0.15) is 68.8 Å². The van der Waals surface area contributed by atoms with Gasteiger partial charge >= 0.3 is 0 Å². The molecular formula is C20H27FO2. The first kappa shape index (κ1) is 16.7. The van der Waals surface area contributed by atoms with Crippen molar-refractivity contribution in [1.82, 2.24) is 0 Å². The second-order valence-electron chi connectivity index (χ2n) is 6.80. The van der Waals surface area contributed by atoms with Gasteiger partial charge in [-0.15, -0.1) is 0 Å². The maximum atomic E-state index is 13.1. The highest BCUT2D eigenvalue weighted by Gasteiger charge is 2.23. The van der Waals surface area contributed by atoms with E-state index in [1.807, 2.05) is 0 Å². The molecule has 0 amide bonds. The fraction of sp³-hybridized carbons (Fsp3) is 0.600. The molecule has 1 atom stereocenters. The number of hydrogen-bond acceptors (Lipinski definition) is 2. The average molecular weight is 318 g/mol. The van der Waals surface area contributed by atoms with Crippen molar-refractivity contribution in [1.29, 1.82) is 0 Å². The Morgan fingerprint density at radius 1 is 1.09 bits per heavy atom. The van der Waals surface area contributed by atoms with Crippen LogP contribution in [0.2, 0.25) is 0 Å². The van der Waals surface area contributed by atoms with E-state index in [9.17, 15) is 4.39 Å². The molecular weight excluding hydrogens is 291 g/mol. The lowest BCUT2D eigenvalue weighted by atomic mass is 9.87. The topological polar surface area (TPSA) is 18.5 Å². The van der Waals surface area contributed by atoms with Crippen LogP contribution in [-0.4, -0.2) is 13.2 Å². The number of halogens is 1. The van der Waals surface area contributed by atoms with Gasteiger partial charge in [0.25, 0.3) is 0 Å². The van der Waals surface area contributed by atoms with Gasteiger partial charge in [-0.05, 0) is 37.2 Å². The summed E-state index contributed by atoms with van der Waals surface area (Å²) in [5.41, 5.74) is 2.37. The smallest absolute Gasteiger partial charge is 0.183 e. The fourth-order valence-corrected chi connectivity index (χ4v) is 3.43. The molecule has 2 nitrogen and oxygen atoms in total. The summed E-state index contributed by atoms with van der Waals surface area (Å²) < 4.78 is 24.9. The van der Waals surface area contributed by atoms with Gasteiger partial charge in [0.05, 0.1) is 19.0 Å². The van der Waals surface area contributed by atoms with E-state index < -0.39 is 0 Å². The summed E-state index contributed by atoms with van der Waals surface area (Å²) in [6.45, 7) is 3.80. The second kappa shape index (κ2) is 8.07. The largest absolute Gasteiger partial charge is 0.348 e. The monoisotopic (exact) mass is 318 g/mol. The Labute approximate surface area is 138 Å². The summed E-state index contributed by atoms with van der Waals surface area (Å²) in [5, 5.41) is 0. The zero-order chi connectivity index (χ0) is 16.1. The van der Waals surface area contributed by atoms with E-state index in [2.05, 4.69) is 31.2 Å². The van der Waals surface area contributed by atoms with Gasteiger partial charge in [-0.1, -0.05) is 50.1 Å². The van der Waals surface area contributed by atoms with Crippen LogP contribution in [-0.2, 0) is 9.47 Å². The van der Waals surface area contributed by atoms with E-state index >= 15 is 0 Å². The maximum Gasteiger partial charge on any atom is 0.183 e. The number of ether oxygens (including phenoxy) is 2. The van der Waals surface area contributed by atoms with Crippen LogP contribution in [0.25, 0.3) is 0 Å². The Morgan fingerprint density at radius 3 is 2.39 bits per heavy atom. The molecule has 23 heavy (non-hydrogen) atoms. The van der Waals surface area contributed by atoms with Crippen LogP contribution < -0.4 is 0 Å². The van der Waals surface area contributed by atoms with Crippen molar-refractivity contribution in [3.63, 3.8) is 0 Å². The molecule has 0 bridgehead atoms. The lowest BCUT2D eigenvalue weighted by Gasteiger charge is -2.30. The number of allylic oxidation sites excluding steroid dienone is 2. The number of benzene rings is 1. The minimum absolute atomic E-state index is 0.0412. The molecule has 126 valence electrons. The molecule has 3 rings (SSSR count). The molecule has 1 aliphatic carbocycles. The molecule has 0 N–H and O–H groups in total. The molecule has 3 heteroatoms. The number of rotatable bonds is 5.